The Bertz CT molecular complexity index is 824. The first-order chi connectivity index (χ1) is 11.9. The fourth-order valence-corrected chi connectivity index (χ4v) is 3.58. The minimum Gasteiger partial charge on any atom is -0.307 e. The molecule has 1 atom stereocenters. The predicted molar refractivity (Wildman–Crippen MR) is 108 cm³/mol. The van der Waals surface area contributed by atoms with Crippen LogP contribution in [0.1, 0.15) is 12.5 Å². The van der Waals surface area contributed by atoms with Gasteiger partial charge < -0.3 is 5.32 Å². The van der Waals surface area contributed by atoms with Crippen LogP contribution in [0.15, 0.2) is 47.5 Å². The summed E-state index contributed by atoms with van der Waals surface area (Å²) in [6, 6.07) is 12.4. The molecule has 130 valence electrons. The van der Waals surface area contributed by atoms with Crippen molar-refractivity contribution in [3.05, 3.63) is 58.1 Å². The molecule has 4 nitrogen and oxygen atoms in total. The van der Waals surface area contributed by atoms with Crippen LogP contribution in [-0.4, -0.2) is 23.0 Å². The lowest BCUT2D eigenvalue weighted by atomic mass is 10.2. The molecule has 0 saturated carbocycles. The lowest BCUT2D eigenvalue weighted by Gasteiger charge is -2.23. The average molecular weight is 394 g/mol. The number of hydrogen-bond acceptors (Lipinski definition) is 3. The van der Waals surface area contributed by atoms with Crippen molar-refractivity contribution in [2.75, 3.05) is 16.8 Å². The highest BCUT2D eigenvalue weighted by molar-refractivity contribution is 8.15. The Hall–Kier alpha value is -1.69. The lowest BCUT2D eigenvalue weighted by Crippen LogP contribution is -2.38. The van der Waals surface area contributed by atoms with Crippen LogP contribution in [0.2, 0.25) is 10.0 Å². The van der Waals surface area contributed by atoms with Crippen LogP contribution in [0.4, 0.5) is 16.2 Å². The SMILES string of the molecule is Cc1ccc(NC(=O)N(C2=NC[C@H](C)S2)c2ccc(Cl)c(Cl)c2)cc1. The van der Waals surface area contributed by atoms with Crippen LogP contribution < -0.4 is 10.2 Å². The molecule has 0 radical (unpaired) electrons. The van der Waals surface area contributed by atoms with E-state index in [2.05, 4.69) is 17.2 Å². The summed E-state index contributed by atoms with van der Waals surface area (Å²) in [5.74, 6) is 0. The van der Waals surface area contributed by atoms with Crippen LogP contribution in [0.3, 0.4) is 0 Å². The van der Waals surface area contributed by atoms with Crippen molar-refractivity contribution in [3.8, 4) is 0 Å². The van der Waals surface area contributed by atoms with Gasteiger partial charge in [0.25, 0.3) is 0 Å². The Morgan fingerprint density at radius 1 is 1.20 bits per heavy atom. The molecule has 0 bridgehead atoms. The Morgan fingerprint density at radius 3 is 2.52 bits per heavy atom. The smallest absolute Gasteiger partial charge is 0.307 e. The van der Waals surface area contributed by atoms with Crippen molar-refractivity contribution in [2.45, 2.75) is 19.1 Å². The quantitative estimate of drug-likeness (QED) is 0.696. The summed E-state index contributed by atoms with van der Waals surface area (Å²) in [7, 11) is 0. The second-order valence-electron chi connectivity index (χ2n) is 5.78. The van der Waals surface area contributed by atoms with Gasteiger partial charge in [-0.2, -0.15) is 0 Å². The van der Waals surface area contributed by atoms with Crippen molar-refractivity contribution in [3.63, 3.8) is 0 Å². The molecule has 2 amide bonds. The van der Waals surface area contributed by atoms with E-state index in [1.165, 1.54) is 4.90 Å². The maximum absolute atomic E-state index is 12.9. The molecule has 2 aromatic carbocycles. The number of amidine groups is 1. The van der Waals surface area contributed by atoms with Crippen molar-refractivity contribution in [2.24, 2.45) is 4.99 Å². The Kier molecular flexibility index (Phi) is 5.57. The van der Waals surface area contributed by atoms with E-state index in [4.69, 9.17) is 23.2 Å². The molecule has 0 fully saturated rings. The number of rotatable bonds is 2. The summed E-state index contributed by atoms with van der Waals surface area (Å²) in [5, 5.41) is 4.72. The third-order valence-electron chi connectivity index (χ3n) is 3.65. The summed E-state index contributed by atoms with van der Waals surface area (Å²) in [6.45, 7) is 4.75. The van der Waals surface area contributed by atoms with E-state index in [9.17, 15) is 4.79 Å². The second-order valence-corrected chi connectivity index (χ2v) is 8.00. The highest BCUT2D eigenvalue weighted by Gasteiger charge is 2.28. The Labute approximate surface area is 161 Å². The molecule has 0 aromatic heterocycles. The van der Waals surface area contributed by atoms with Crippen LogP contribution in [0.25, 0.3) is 0 Å². The molecule has 1 N–H and O–H groups in total. The van der Waals surface area contributed by atoms with Crippen molar-refractivity contribution >= 4 is 57.5 Å². The summed E-state index contributed by atoms with van der Waals surface area (Å²) in [6.07, 6.45) is 0. The number of nitrogens with one attached hydrogen (secondary N) is 1. The van der Waals surface area contributed by atoms with E-state index in [-0.39, 0.29) is 6.03 Å². The van der Waals surface area contributed by atoms with Gasteiger partial charge in [-0.1, -0.05) is 59.6 Å². The maximum atomic E-state index is 12.9. The third-order valence-corrected chi connectivity index (χ3v) is 5.46. The molecule has 1 aliphatic rings. The van der Waals surface area contributed by atoms with Gasteiger partial charge >= 0.3 is 6.03 Å². The van der Waals surface area contributed by atoms with Crippen LogP contribution in [0.5, 0.6) is 0 Å². The number of aryl methyl sites for hydroxylation is 1. The molecule has 0 aliphatic carbocycles. The standard InChI is InChI=1S/C18H17Cl2N3OS/c1-11-3-5-13(6-4-11)22-17(24)23(18-21-10-12(2)25-18)14-7-8-15(19)16(20)9-14/h3-9,12H,10H2,1-2H3,(H,22,24)/t12-/m0/s1. The number of carbonyl (C=O) groups excluding carboxylic acids is 1. The lowest BCUT2D eigenvalue weighted by molar-refractivity contribution is 0.259. The fraction of sp³-hybridized carbons (Fsp3) is 0.222. The van der Waals surface area contributed by atoms with Crippen LogP contribution in [0, 0.1) is 6.92 Å². The van der Waals surface area contributed by atoms with Gasteiger partial charge in [-0.05, 0) is 37.3 Å². The molecule has 3 rings (SSSR count). The molecular formula is C18H17Cl2N3OS. The van der Waals surface area contributed by atoms with Gasteiger partial charge in [-0.25, -0.2) is 9.69 Å². The number of anilines is 2. The molecule has 2 aromatic rings. The van der Waals surface area contributed by atoms with Crippen LogP contribution in [-0.2, 0) is 0 Å². The van der Waals surface area contributed by atoms with Gasteiger partial charge in [-0.15, -0.1) is 0 Å². The van der Waals surface area contributed by atoms with E-state index >= 15 is 0 Å². The molecular weight excluding hydrogens is 377 g/mol. The van der Waals surface area contributed by atoms with Gasteiger partial charge in [0, 0.05) is 10.9 Å². The van der Waals surface area contributed by atoms with E-state index in [1.807, 2.05) is 31.2 Å². The maximum Gasteiger partial charge on any atom is 0.332 e. The van der Waals surface area contributed by atoms with Gasteiger partial charge in [0.1, 0.15) is 0 Å². The van der Waals surface area contributed by atoms with E-state index in [0.29, 0.717) is 32.7 Å². The number of urea groups is 1. The molecule has 0 saturated heterocycles. The van der Waals surface area contributed by atoms with Gasteiger partial charge in [0.05, 0.1) is 22.3 Å². The monoisotopic (exact) mass is 393 g/mol. The van der Waals surface area contributed by atoms with Crippen molar-refractivity contribution in [1.29, 1.82) is 0 Å². The number of nitrogens with zero attached hydrogens (tertiary/aromatic N) is 2. The fourth-order valence-electron chi connectivity index (χ4n) is 2.34. The van der Waals surface area contributed by atoms with Gasteiger partial charge in [0.15, 0.2) is 5.17 Å². The highest BCUT2D eigenvalue weighted by atomic mass is 35.5. The van der Waals surface area contributed by atoms with Gasteiger partial charge in [0.2, 0.25) is 0 Å². The zero-order valence-electron chi connectivity index (χ0n) is 13.8. The summed E-state index contributed by atoms with van der Waals surface area (Å²) in [4.78, 5) is 19.0. The van der Waals surface area contributed by atoms with Gasteiger partial charge in [-0.3, -0.25) is 4.99 Å². The molecule has 1 heterocycles. The third kappa shape index (κ3) is 4.29. The zero-order valence-corrected chi connectivity index (χ0v) is 16.1. The summed E-state index contributed by atoms with van der Waals surface area (Å²) < 4.78 is 0. The normalized spacial score (nSPS) is 16.5. The number of aliphatic imine (C=N–C) groups is 1. The van der Waals surface area contributed by atoms with E-state index in [0.717, 1.165) is 11.3 Å². The average Bonchev–Trinajstić information content (AvgIpc) is 2.99. The first-order valence-corrected chi connectivity index (χ1v) is 9.41. The van der Waals surface area contributed by atoms with Crippen LogP contribution >= 0.6 is 35.0 Å². The summed E-state index contributed by atoms with van der Waals surface area (Å²) >= 11 is 13.7. The molecule has 25 heavy (non-hydrogen) atoms. The minimum atomic E-state index is -0.289. The first-order valence-electron chi connectivity index (χ1n) is 7.78. The predicted octanol–water partition coefficient (Wildman–Crippen LogP) is 5.83. The minimum absolute atomic E-state index is 0.289. The molecule has 1 aliphatic heterocycles. The zero-order chi connectivity index (χ0) is 18.0. The van der Waals surface area contributed by atoms with Crippen molar-refractivity contribution < 1.29 is 4.79 Å². The highest BCUT2D eigenvalue weighted by Crippen LogP contribution is 2.32. The summed E-state index contributed by atoms with van der Waals surface area (Å²) in [5.41, 5.74) is 2.47. The number of hydrogen-bond donors (Lipinski definition) is 1. The van der Waals surface area contributed by atoms with E-state index < -0.39 is 0 Å². The molecule has 0 spiro atoms. The number of halogens is 2. The first kappa shape index (κ1) is 18.1. The largest absolute Gasteiger partial charge is 0.332 e. The second kappa shape index (κ2) is 7.68. The van der Waals surface area contributed by atoms with E-state index in [1.54, 1.807) is 30.0 Å². The number of benzene rings is 2. The number of amides is 2. The Balaban J connectivity index is 1.91. The molecule has 0 unspecified atom stereocenters. The number of thioether (sulfide) groups is 1. The molecule has 7 heteroatoms. The number of carbonyl (C=O) groups is 1. The topological polar surface area (TPSA) is 44.7 Å². The van der Waals surface area contributed by atoms with Crippen molar-refractivity contribution in [1.82, 2.24) is 0 Å². The Morgan fingerprint density at radius 2 is 1.92 bits per heavy atom.